The minimum absolute atomic E-state index is 0.0283. The Bertz CT molecular complexity index is 1390. The molecular formula is C32H52N2O9S3. The van der Waals surface area contributed by atoms with Crippen molar-refractivity contribution in [2.45, 2.75) is 136 Å². The summed E-state index contributed by atoms with van der Waals surface area (Å²) in [5.41, 5.74) is 0.468. The number of nitrogens with zero attached hydrogens (tertiary/aromatic N) is 1. The highest BCUT2D eigenvalue weighted by Gasteiger charge is 2.41. The van der Waals surface area contributed by atoms with Gasteiger partial charge in [0.2, 0.25) is 0 Å². The summed E-state index contributed by atoms with van der Waals surface area (Å²) in [5.74, 6) is -0.507. The zero-order valence-electron chi connectivity index (χ0n) is 27.2. The van der Waals surface area contributed by atoms with Crippen LogP contribution in [0.1, 0.15) is 109 Å². The van der Waals surface area contributed by atoms with Gasteiger partial charge in [-0.3, -0.25) is 4.79 Å². The number of rotatable bonds is 19. The van der Waals surface area contributed by atoms with E-state index >= 15 is 0 Å². The Morgan fingerprint density at radius 1 is 1.13 bits per heavy atom. The summed E-state index contributed by atoms with van der Waals surface area (Å²) in [7, 11) is -7.71. The van der Waals surface area contributed by atoms with Gasteiger partial charge >= 0.3 is 5.97 Å². The van der Waals surface area contributed by atoms with Crippen LogP contribution in [0.2, 0.25) is 0 Å². The van der Waals surface area contributed by atoms with E-state index in [0.717, 1.165) is 36.8 Å². The normalized spacial score (nSPS) is 26.9. The largest absolute Gasteiger partial charge is 0.465 e. The van der Waals surface area contributed by atoms with Crippen molar-refractivity contribution >= 4 is 43.4 Å². The Hall–Kier alpha value is -1.68. The van der Waals surface area contributed by atoms with Gasteiger partial charge < -0.3 is 25.4 Å². The maximum Gasteiger partial charge on any atom is 0.305 e. The van der Waals surface area contributed by atoms with E-state index in [1.165, 1.54) is 6.07 Å². The highest BCUT2D eigenvalue weighted by atomic mass is 32.3. The summed E-state index contributed by atoms with van der Waals surface area (Å²) in [6, 6.07) is 1.15. The number of esters is 1. The molecule has 1 saturated carbocycles. The van der Waals surface area contributed by atoms with Gasteiger partial charge in [0.15, 0.2) is 9.84 Å². The van der Waals surface area contributed by atoms with Gasteiger partial charge in [-0.15, -0.1) is 11.3 Å². The van der Waals surface area contributed by atoms with Gasteiger partial charge in [-0.1, -0.05) is 38.8 Å². The molecule has 3 rings (SSSR count). The Morgan fingerprint density at radius 2 is 1.87 bits per heavy atom. The molecular weight excluding hydrogens is 653 g/mol. The number of hydrogen-bond donors (Lipinski definition) is 4. The number of carbonyl (C=O) groups is 1. The van der Waals surface area contributed by atoms with Gasteiger partial charge in [0.1, 0.15) is 8.42 Å². The number of sulfone groups is 1. The van der Waals surface area contributed by atoms with Crippen LogP contribution in [0.5, 0.6) is 0 Å². The van der Waals surface area contributed by atoms with Gasteiger partial charge in [0, 0.05) is 30.7 Å². The molecule has 262 valence electrons. The number of hydrogen-bond acceptors (Lipinski definition) is 11. The SMILES string of the molecule is CCCC[C@H](O)CC[C@@H]1[C@@H](C/C=C\CCCC(=O)OCCC=NS(=O)(=O)c2cc3c(s2)S(=O)(=O)[C@@H](C)C[C@@H]3NCC)[C@@H](O)C[C@H]1O. The summed E-state index contributed by atoms with van der Waals surface area (Å²) in [6.45, 7) is 6.21. The van der Waals surface area contributed by atoms with Crippen LogP contribution in [0.4, 0.5) is 0 Å². The number of thiophene rings is 1. The van der Waals surface area contributed by atoms with Crippen molar-refractivity contribution < 1.29 is 41.7 Å². The van der Waals surface area contributed by atoms with Crippen LogP contribution in [0.15, 0.2) is 31.0 Å². The summed E-state index contributed by atoms with van der Waals surface area (Å²) < 4.78 is 60.0. The second-order valence-electron chi connectivity index (χ2n) is 12.5. The molecule has 46 heavy (non-hydrogen) atoms. The van der Waals surface area contributed by atoms with Crippen molar-refractivity contribution in [3.63, 3.8) is 0 Å². The molecule has 1 aliphatic carbocycles. The summed E-state index contributed by atoms with van der Waals surface area (Å²) in [4.78, 5) is 12.1. The molecule has 0 aromatic carbocycles. The Balaban J connectivity index is 1.37. The molecule has 11 nitrogen and oxygen atoms in total. The Morgan fingerprint density at radius 3 is 2.59 bits per heavy atom. The second-order valence-corrected chi connectivity index (χ2v) is 17.9. The number of carbonyl (C=O) groups excluding carboxylic acids is 1. The third-order valence-electron chi connectivity index (χ3n) is 8.93. The predicted octanol–water partition coefficient (Wildman–Crippen LogP) is 4.46. The number of aliphatic hydroxyl groups is 3. The van der Waals surface area contributed by atoms with E-state index in [0.29, 0.717) is 57.1 Å². The first-order valence-electron chi connectivity index (χ1n) is 16.6. The first kappa shape index (κ1) is 38.8. The fourth-order valence-electron chi connectivity index (χ4n) is 6.28. The second kappa shape index (κ2) is 18.2. The molecule has 14 heteroatoms. The first-order valence-corrected chi connectivity index (χ1v) is 20.4. The maximum absolute atomic E-state index is 12.8. The van der Waals surface area contributed by atoms with Crippen molar-refractivity contribution in [3.05, 3.63) is 23.8 Å². The van der Waals surface area contributed by atoms with Gasteiger partial charge in [-0.05, 0) is 82.7 Å². The van der Waals surface area contributed by atoms with Crippen molar-refractivity contribution in [1.82, 2.24) is 5.32 Å². The molecule has 1 fully saturated rings. The van der Waals surface area contributed by atoms with Gasteiger partial charge in [0.25, 0.3) is 10.0 Å². The van der Waals surface area contributed by atoms with E-state index in [1.807, 2.05) is 19.1 Å². The van der Waals surface area contributed by atoms with Gasteiger partial charge in [-0.25, -0.2) is 8.42 Å². The molecule has 0 unspecified atom stereocenters. The fourth-order valence-corrected chi connectivity index (χ4v) is 11.2. The van der Waals surface area contributed by atoms with Crippen LogP contribution < -0.4 is 5.32 Å². The van der Waals surface area contributed by atoms with Gasteiger partial charge in [-0.2, -0.15) is 12.8 Å². The van der Waals surface area contributed by atoms with Crippen LogP contribution in [0.25, 0.3) is 0 Å². The average Bonchev–Trinajstić information content (AvgIpc) is 3.58. The smallest absolute Gasteiger partial charge is 0.305 e. The minimum Gasteiger partial charge on any atom is -0.465 e. The van der Waals surface area contributed by atoms with E-state index < -0.39 is 43.3 Å². The fraction of sp³-hybridized carbons (Fsp3) is 0.750. The number of nitrogens with one attached hydrogen (secondary N) is 1. The Kier molecular flexibility index (Phi) is 15.3. The molecule has 7 atom stereocenters. The van der Waals surface area contributed by atoms with Crippen LogP contribution in [0, 0.1) is 11.8 Å². The van der Waals surface area contributed by atoms with Gasteiger partial charge in [0.05, 0.1) is 30.2 Å². The van der Waals surface area contributed by atoms with Crippen molar-refractivity contribution in [2.75, 3.05) is 13.2 Å². The standard InChI is InChI=1S/C32H52N2O9S3/c1-4-6-12-23(35)15-16-25-24(28(36)21-29(25)37)13-9-7-8-10-14-30(38)43-18-11-17-34-46(41,42)31-20-26-27(33-5-2)19-22(3)45(39,40)32(26)44-31/h7,9,17,20,22-25,27-29,33,35-37H,4-6,8,10-16,18-19,21H2,1-3H3/b9-7-,34-17?/t22-,23-,24+,25+,27-,28-,29+/m0/s1. The highest BCUT2D eigenvalue weighted by molar-refractivity contribution is 7.96. The van der Waals surface area contributed by atoms with Crippen LogP contribution in [-0.4, -0.2) is 81.1 Å². The molecule has 1 aromatic rings. The zero-order valence-corrected chi connectivity index (χ0v) is 29.7. The number of aliphatic hydroxyl groups excluding tert-OH is 3. The molecule has 0 amide bonds. The number of fused-ring (bicyclic) bond motifs is 1. The number of ether oxygens (including phenoxy) is 1. The van der Waals surface area contributed by atoms with Crippen molar-refractivity contribution in [2.24, 2.45) is 16.2 Å². The summed E-state index contributed by atoms with van der Waals surface area (Å²) in [6.07, 6.45) is 10.5. The lowest BCUT2D eigenvalue weighted by Gasteiger charge is -2.27. The van der Waals surface area contributed by atoms with E-state index in [-0.39, 0.29) is 51.8 Å². The average molecular weight is 705 g/mol. The summed E-state index contributed by atoms with van der Waals surface area (Å²) >= 11 is 0.725. The van der Waals surface area contributed by atoms with E-state index in [1.54, 1.807) is 6.92 Å². The zero-order chi connectivity index (χ0) is 33.9. The first-order chi connectivity index (χ1) is 21.8. The molecule has 0 bridgehead atoms. The quantitative estimate of drug-likeness (QED) is 0.0695. The number of sulfonamides is 1. The van der Waals surface area contributed by atoms with Crippen LogP contribution in [0.3, 0.4) is 0 Å². The molecule has 2 heterocycles. The van der Waals surface area contributed by atoms with Crippen molar-refractivity contribution in [1.29, 1.82) is 0 Å². The van der Waals surface area contributed by atoms with Crippen molar-refractivity contribution in [3.8, 4) is 0 Å². The van der Waals surface area contributed by atoms with Crippen LogP contribution in [-0.2, 0) is 29.4 Å². The summed E-state index contributed by atoms with van der Waals surface area (Å²) in [5, 5.41) is 33.7. The number of unbranched alkanes of at least 4 members (excludes halogenated alkanes) is 2. The van der Waals surface area contributed by atoms with E-state index in [2.05, 4.69) is 16.6 Å². The Labute approximate surface area is 278 Å². The molecule has 1 aromatic heterocycles. The molecule has 4 N–H and O–H groups in total. The molecule has 0 saturated heterocycles. The van der Waals surface area contributed by atoms with E-state index in [4.69, 9.17) is 4.74 Å². The number of allylic oxidation sites excluding steroid dienone is 2. The molecule has 0 spiro atoms. The monoisotopic (exact) mass is 704 g/mol. The third kappa shape index (κ3) is 10.7. The topological polar surface area (TPSA) is 180 Å². The molecule has 2 aliphatic rings. The third-order valence-corrected chi connectivity index (χ3v) is 14.6. The minimum atomic E-state index is -4.10. The lowest BCUT2D eigenvalue weighted by atomic mass is 9.85. The highest BCUT2D eigenvalue weighted by Crippen LogP contribution is 2.43. The molecule has 0 radical (unpaired) electrons. The molecule has 1 aliphatic heterocycles. The predicted molar refractivity (Wildman–Crippen MR) is 179 cm³/mol. The van der Waals surface area contributed by atoms with Crippen LogP contribution >= 0.6 is 11.3 Å². The maximum atomic E-state index is 12.8. The lowest BCUT2D eigenvalue weighted by Crippen LogP contribution is -2.33. The van der Waals surface area contributed by atoms with E-state index in [9.17, 15) is 36.9 Å². The lowest BCUT2D eigenvalue weighted by molar-refractivity contribution is -0.143.